The summed E-state index contributed by atoms with van der Waals surface area (Å²) < 4.78 is 27.4. The van der Waals surface area contributed by atoms with E-state index in [9.17, 15) is 22.8 Å². The number of piperazine rings is 1. The first-order chi connectivity index (χ1) is 9.25. The number of carbonyl (C=O) groups excluding carboxylic acids is 1. The SMILES string of the molecule is Cn1cc(S(=O)(=O)N2CCNC(=O)C2)c(=O)n(C)c1=O. The van der Waals surface area contributed by atoms with Crippen LogP contribution in [0.25, 0.3) is 0 Å². The average Bonchev–Trinajstić information content (AvgIpc) is 2.40. The molecule has 2 rings (SSSR count). The van der Waals surface area contributed by atoms with Crippen LogP contribution in [0.1, 0.15) is 0 Å². The van der Waals surface area contributed by atoms with Gasteiger partial charge in [-0.05, 0) is 0 Å². The number of nitrogens with one attached hydrogen (secondary N) is 1. The minimum Gasteiger partial charge on any atom is -0.354 e. The number of sulfonamides is 1. The Kier molecular flexibility index (Phi) is 3.52. The van der Waals surface area contributed by atoms with Crippen LogP contribution in [-0.4, -0.2) is 47.4 Å². The molecule has 10 heteroatoms. The minimum absolute atomic E-state index is 0.0834. The second kappa shape index (κ2) is 4.87. The molecule has 0 atom stereocenters. The second-order valence-electron chi connectivity index (χ2n) is 4.44. The first-order valence-electron chi connectivity index (χ1n) is 5.78. The van der Waals surface area contributed by atoms with Gasteiger partial charge < -0.3 is 9.88 Å². The van der Waals surface area contributed by atoms with Crippen LogP contribution in [0.2, 0.25) is 0 Å². The number of hydrogen-bond donors (Lipinski definition) is 1. The third-order valence-corrected chi connectivity index (χ3v) is 4.86. The van der Waals surface area contributed by atoms with Crippen LogP contribution in [-0.2, 0) is 28.9 Å². The van der Waals surface area contributed by atoms with E-state index in [2.05, 4.69) is 5.32 Å². The predicted molar refractivity (Wildman–Crippen MR) is 68.7 cm³/mol. The highest BCUT2D eigenvalue weighted by molar-refractivity contribution is 7.89. The van der Waals surface area contributed by atoms with E-state index >= 15 is 0 Å². The van der Waals surface area contributed by atoms with Gasteiger partial charge in [-0.25, -0.2) is 13.2 Å². The van der Waals surface area contributed by atoms with Crippen molar-refractivity contribution in [1.82, 2.24) is 18.8 Å². The van der Waals surface area contributed by atoms with Crippen molar-refractivity contribution < 1.29 is 13.2 Å². The molecule has 0 aliphatic carbocycles. The normalized spacial score (nSPS) is 17.0. The summed E-state index contributed by atoms with van der Waals surface area (Å²) in [6, 6.07) is 0. The predicted octanol–water partition coefficient (Wildman–Crippen LogP) is -2.80. The standard InChI is InChI=1S/C10H14N4O5S/c1-12-5-7(9(16)13(2)10(12)17)20(18,19)14-4-3-11-8(15)6-14/h5H,3-4,6H2,1-2H3,(H,11,15). The van der Waals surface area contributed by atoms with Gasteiger partial charge in [0.1, 0.15) is 0 Å². The molecule has 1 aromatic rings. The maximum Gasteiger partial charge on any atom is 0.330 e. The van der Waals surface area contributed by atoms with Gasteiger partial charge in [-0.1, -0.05) is 0 Å². The third-order valence-electron chi connectivity index (χ3n) is 3.04. The Hall–Kier alpha value is -1.94. The van der Waals surface area contributed by atoms with Crippen LogP contribution >= 0.6 is 0 Å². The highest BCUT2D eigenvalue weighted by Crippen LogP contribution is 2.11. The van der Waals surface area contributed by atoms with Crippen LogP contribution in [0.4, 0.5) is 0 Å². The summed E-state index contributed by atoms with van der Waals surface area (Å²) >= 11 is 0. The molecule has 0 radical (unpaired) electrons. The lowest BCUT2D eigenvalue weighted by Gasteiger charge is -2.25. The van der Waals surface area contributed by atoms with Gasteiger partial charge in [0.15, 0.2) is 4.90 Å². The molecular formula is C10H14N4O5S. The summed E-state index contributed by atoms with van der Waals surface area (Å²) in [6.45, 7) is -0.0709. The van der Waals surface area contributed by atoms with Crippen LogP contribution in [0.3, 0.4) is 0 Å². The molecule has 20 heavy (non-hydrogen) atoms. The average molecular weight is 302 g/mol. The van der Waals surface area contributed by atoms with Gasteiger partial charge in [-0.2, -0.15) is 4.31 Å². The third kappa shape index (κ3) is 2.27. The second-order valence-corrected chi connectivity index (χ2v) is 6.35. The molecule has 1 saturated heterocycles. The Balaban J connectivity index is 2.58. The van der Waals surface area contributed by atoms with Crippen molar-refractivity contribution in [3.05, 3.63) is 27.0 Å². The summed E-state index contributed by atoms with van der Waals surface area (Å²) in [6.07, 6.45) is 0.979. The molecule has 0 spiro atoms. The molecule has 1 N–H and O–H groups in total. The number of rotatable bonds is 2. The number of hydrogen-bond acceptors (Lipinski definition) is 5. The van der Waals surface area contributed by atoms with Crippen molar-refractivity contribution in [3.8, 4) is 0 Å². The molecule has 0 saturated carbocycles. The van der Waals surface area contributed by atoms with E-state index in [1.54, 1.807) is 0 Å². The van der Waals surface area contributed by atoms with Crippen molar-refractivity contribution in [3.63, 3.8) is 0 Å². The van der Waals surface area contributed by atoms with E-state index in [1.165, 1.54) is 14.1 Å². The summed E-state index contributed by atoms with van der Waals surface area (Å²) in [5, 5.41) is 2.50. The minimum atomic E-state index is -4.11. The smallest absolute Gasteiger partial charge is 0.330 e. The van der Waals surface area contributed by atoms with Gasteiger partial charge in [-0.15, -0.1) is 0 Å². The lowest BCUT2D eigenvalue weighted by Crippen LogP contribution is -2.51. The Morgan fingerprint density at radius 1 is 1.20 bits per heavy atom. The zero-order chi connectivity index (χ0) is 15.1. The lowest BCUT2D eigenvalue weighted by atomic mass is 10.4. The summed E-state index contributed by atoms with van der Waals surface area (Å²) in [5.41, 5.74) is -1.52. The molecule has 9 nitrogen and oxygen atoms in total. The maximum atomic E-state index is 12.4. The zero-order valence-corrected chi connectivity index (χ0v) is 11.8. The van der Waals surface area contributed by atoms with Gasteiger partial charge in [0.2, 0.25) is 5.91 Å². The highest BCUT2D eigenvalue weighted by Gasteiger charge is 2.32. The molecule has 1 fully saturated rings. The van der Waals surface area contributed by atoms with Gasteiger partial charge >= 0.3 is 5.69 Å². The van der Waals surface area contributed by atoms with Crippen molar-refractivity contribution >= 4 is 15.9 Å². The van der Waals surface area contributed by atoms with Gasteiger partial charge in [0.25, 0.3) is 15.6 Å². The molecular weight excluding hydrogens is 288 g/mol. The molecule has 1 aromatic heterocycles. The van der Waals surface area contributed by atoms with E-state index in [0.29, 0.717) is 0 Å². The first kappa shape index (κ1) is 14.5. The maximum absolute atomic E-state index is 12.4. The molecule has 0 aromatic carbocycles. The van der Waals surface area contributed by atoms with E-state index < -0.39 is 32.1 Å². The summed E-state index contributed by atoms with van der Waals surface area (Å²) in [4.78, 5) is 34.3. The Labute approximate surface area is 114 Å². The quantitative estimate of drug-likeness (QED) is 0.634. The van der Waals surface area contributed by atoms with E-state index in [1.807, 2.05) is 0 Å². The fraction of sp³-hybridized carbons (Fsp3) is 0.500. The van der Waals surface area contributed by atoms with Crippen LogP contribution in [0, 0.1) is 0 Å². The van der Waals surface area contributed by atoms with E-state index in [-0.39, 0.29) is 19.6 Å². The topological polar surface area (TPSA) is 110 Å². The molecule has 0 bridgehead atoms. The van der Waals surface area contributed by atoms with Crippen LogP contribution in [0.5, 0.6) is 0 Å². The number of amides is 1. The largest absolute Gasteiger partial charge is 0.354 e. The van der Waals surface area contributed by atoms with Crippen molar-refractivity contribution in [1.29, 1.82) is 0 Å². The number of aryl methyl sites for hydroxylation is 1. The van der Waals surface area contributed by atoms with Gasteiger partial charge in [-0.3, -0.25) is 14.2 Å². The monoisotopic (exact) mass is 302 g/mol. The molecule has 110 valence electrons. The molecule has 1 amide bonds. The molecule has 1 aliphatic heterocycles. The van der Waals surface area contributed by atoms with Crippen molar-refractivity contribution in [2.45, 2.75) is 4.90 Å². The number of aromatic nitrogens is 2. The number of carbonyl (C=O) groups is 1. The van der Waals surface area contributed by atoms with E-state index in [0.717, 1.165) is 19.6 Å². The fourth-order valence-electron chi connectivity index (χ4n) is 1.91. The summed E-state index contributed by atoms with van der Waals surface area (Å²) in [7, 11) is -1.56. The Morgan fingerprint density at radius 3 is 2.45 bits per heavy atom. The van der Waals surface area contributed by atoms with Crippen LogP contribution < -0.4 is 16.6 Å². The van der Waals surface area contributed by atoms with Gasteiger partial charge in [0.05, 0.1) is 6.54 Å². The molecule has 1 aliphatic rings. The molecule has 2 heterocycles. The van der Waals surface area contributed by atoms with Crippen molar-refractivity contribution in [2.24, 2.45) is 14.1 Å². The Bertz CT molecular complexity index is 776. The Morgan fingerprint density at radius 2 is 1.85 bits per heavy atom. The van der Waals surface area contributed by atoms with E-state index in [4.69, 9.17) is 0 Å². The van der Waals surface area contributed by atoms with Crippen LogP contribution in [0.15, 0.2) is 20.7 Å². The zero-order valence-electron chi connectivity index (χ0n) is 11.0. The van der Waals surface area contributed by atoms with Gasteiger partial charge in [0, 0.05) is 33.4 Å². The number of nitrogens with zero attached hydrogens (tertiary/aromatic N) is 3. The first-order valence-corrected chi connectivity index (χ1v) is 7.22. The highest BCUT2D eigenvalue weighted by atomic mass is 32.2. The fourth-order valence-corrected chi connectivity index (χ4v) is 3.46. The lowest BCUT2D eigenvalue weighted by molar-refractivity contribution is -0.122. The molecule has 0 unspecified atom stereocenters. The summed E-state index contributed by atoms with van der Waals surface area (Å²) in [5.74, 6) is -0.429. The van der Waals surface area contributed by atoms with Crippen molar-refractivity contribution in [2.75, 3.05) is 19.6 Å².